The topological polar surface area (TPSA) is 46.2 Å². The van der Waals surface area contributed by atoms with Crippen molar-refractivity contribution in [3.05, 3.63) is 28.6 Å². The Morgan fingerprint density at radius 3 is 2.37 bits per heavy atom. The number of nitrogens with one attached hydrogen (secondary N) is 1. The molecule has 2 bridgehead atoms. The molecule has 104 valence electrons. The van der Waals surface area contributed by atoms with Gasteiger partial charge in [-0.15, -0.1) is 11.3 Å². The fourth-order valence-corrected chi connectivity index (χ4v) is 6.22. The van der Waals surface area contributed by atoms with Gasteiger partial charge in [-0.2, -0.15) is 0 Å². The van der Waals surface area contributed by atoms with Crippen LogP contribution < -0.4 is 4.72 Å². The van der Waals surface area contributed by atoms with Crippen LogP contribution in [0.2, 0.25) is 5.02 Å². The Morgan fingerprint density at radius 1 is 1.21 bits per heavy atom. The van der Waals surface area contributed by atoms with E-state index >= 15 is 0 Å². The zero-order valence-corrected chi connectivity index (χ0v) is 12.8. The summed E-state index contributed by atoms with van der Waals surface area (Å²) in [6.45, 7) is 0. The quantitative estimate of drug-likeness (QED) is 0.868. The second-order valence-electron chi connectivity index (χ2n) is 5.24. The van der Waals surface area contributed by atoms with E-state index in [1.165, 1.54) is 11.3 Å². The molecule has 0 spiro atoms. The highest BCUT2D eigenvalue weighted by Crippen LogP contribution is 2.39. The van der Waals surface area contributed by atoms with Crippen molar-refractivity contribution in [1.29, 1.82) is 0 Å². The number of hydrogen-bond donors (Lipinski definition) is 1. The zero-order chi connectivity index (χ0) is 13.5. The Hall–Kier alpha value is -0.360. The molecule has 2 aliphatic carbocycles. The van der Waals surface area contributed by atoms with Gasteiger partial charge in [0.2, 0.25) is 0 Å². The molecule has 19 heavy (non-hydrogen) atoms. The summed E-state index contributed by atoms with van der Waals surface area (Å²) in [6.07, 6.45) is 8.54. The van der Waals surface area contributed by atoms with Gasteiger partial charge in [0.05, 0.1) is 5.02 Å². The van der Waals surface area contributed by atoms with Crippen molar-refractivity contribution in [3.63, 3.8) is 0 Å². The summed E-state index contributed by atoms with van der Waals surface area (Å²) < 4.78 is 28.0. The molecule has 0 aliphatic heterocycles. The van der Waals surface area contributed by atoms with Gasteiger partial charge in [-0.3, -0.25) is 0 Å². The number of fused-ring (bicyclic) bond motifs is 2. The van der Waals surface area contributed by atoms with Gasteiger partial charge < -0.3 is 0 Å². The third kappa shape index (κ3) is 2.61. The molecule has 0 saturated heterocycles. The molecule has 1 aromatic heterocycles. The highest BCUT2D eigenvalue weighted by Gasteiger charge is 2.39. The Morgan fingerprint density at radius 2 is 1.84 bits per heavy atom. The number of halogens is 1. The van der Waals surface area contributed by atoms with E-state index < -0.39 is 10.0 Å². The Balaban J connectivity index is 1.84. The van der Waals surface area contributed by atoms with Crippen molar-refractivity contribution in [2.45, 2.75) is 35.9 Å². The van der Waals surface area contributed by atoms with E-state index in [0.717, 1.165) is 25.7 Å². The summed E-state index contributed by atoms with van der Waals surface area (Å²) in [5.74, 6) is 0.856. The van der Waals surface area contributed by atoms with E-state index in [9.17, 15) is 8.42 Å². The van der Waals surface area contributed by atoms with Crippen LogP contribution in [0.1, 0.15) is 25.7 Å². The second kappa shape index (κ2) is 5.20. The maximum absolute atomic E-state index is 12.4. The molecule has 2 unspecified atom stereocenters. The number of hydrogen-bond acceptors (Lipinski definition) is 3. The lowest BCUT2D eigenvalue weighted by Gasteiger charge is -2.23. The summed E-state index contributed by atoms with van der Waals surface area (Å²) in [4.78, 5) is 0. The first kappa shape index (κ1) is 13.6. The third-order valence-electron chi connectivity index (χ3n) is 4.09. The van der Waals surface area contributed by atoms with E-state index in [0.29, 0.717) is 16.9 Å². The lowest BCUT2D eigenvalue weighted by Crippen LogP contribution is -2.40. The molecular weight excluding hydrogens is 302 g/mol. The minimum absolute atomic E-state index is 0.0539. The molecule has 0 amide bonds. The molecule has 0 radical (unpaired) electrons. The van der Waals surface area contributed by atoms with E-state index in [1.54, 1.807) is 11.4 Å². The van der Waals surface area contributed by atoms with Crippen LogP contribution in [0.15, 0.2) is 27.8 Å². The summed E-state index contributed by atoms with van der Waals surface area (Å²) in [7, 11) is -3.48. The van der Waals surface area contributed by atoms with Gasteiger partial charge in [0.25, 0.3) is 10.0 Å². The molecule has 1 heterocycles. The Labute approximate surface area is 122 Å². The molecule has 3 rings (SSSR count). The highest BCUT2D eigenvalue weighted by atomic mass is 35.5. The lowest BCUT2D eigenvalue weighted by molar-refractivity contribution is 0.389. The molecule has 6 heteroatoms. The predicted molar refractivity (Wildman–Crippen MR) is 78.0 cm³/mol. The van der Waals surface area contributed by atoms with Gasteiger partial charge in [0, 0.05) is 6.04 Å². The molecular formula is C13H16ClNO2S2. The second-order valence-corrected chi connectivity index (χ2v) is 8.48. The minimum Gasteiger partial charge on any atom is -0.207 e. The van der Waals surface area contributed by atoms with Gasteiger partial charge >= 0.3 is 0 Å². The molecule has 1 aromatic rings. The van der Waals surface area contributed by atoms with Crippen molar-refractivity contribution in [2.24, 2.45) is 11.8 Å². The number of sulfonamides is 1. The first-order valence-electron chi connectivity index (χ1n) is 6.48. The summed E-state index contributed by atoms with van der Waals surface area (Å²) in [6, 6.07) is 1.68. The lowest BCUT2D eigenvalue weighted by atomic mass is 9.97. The standard InChI is InChI=1S/C13H16ClNO2S2/c14-11-7-8-18-13(11)19(16,17)15-12-9-3-1-2-4-10(12)6-5-9/h1-2,7-10,12,15H,3-6H2. The molecule has 2 atom stereocenters. The normalized spacial score (nSPS) is 30.5. The maximum Gasteiger partial charge on any atom is 0.251 e. The van der Waals surface area contributed by atoms with Crippen molar-refractivity contribution in [2.75, 3.05) is 0 Å². The Bertz CT molecular complexity index is 578. The van der Waals surface area contributed by atoms with Crippen LogP contribution in [0.4, 0.5) is 0 Å². The first-order valence-corrected chi connectivity index (χ1v) is 9.22. The van der Waals surface area contributed by atoms with Crippen molar-refractivity contribution in [3.8, 4) is 0 Å². The van der Waals surface area contributed by atoms with Crippen LogP contribution in [0.3, 0.4) is 0 Å². The monoisotopic (exact) mass is 317 g/mol. The van der Waals surface area contributed by atoms with Gasteiger partial charge in [0.1, 0.15) is 0 Å². The van der Waals surface area contributed by atoms with Crippen LogP contribution in [-0.2, 0) is 10.0 Å². The molecule has 1 N–H and O–H groups in total. The van der Waals surface area contributed by atoms with Crippen LogP contribution in [-0.4, -0.2) is 14.5 Å². The fourth-order valence-electron chi connectivity index (χ4n) is 3.14. The average molecular weight is 318 g/mol. The van der Waals surface area contributed by atoms with E-state index in [1.807, 2.05) is 0 Å². The third-order valence-corrected chi connectivity index (χ3v) is 7.57. The van der Waals surface area contributed by atoms with Crippen LogP contribution in [0, 0.1) is 11.8 Å². The van der Waals surface area contributed by atoms with E-state index in [2.05, 4.69) is 16.9 Å². The molecule has 1 saturated carbocycles. The summed E-state index contributed by atoms with van der Waals surface area (Å²) >= 11 is 7.12. The van der Waals surface area contributed by atoms with Crippen LogP contribution in [0.25, 0.3) is 0 Å². The van der Waals surface area contributed by atoms with Crippen molar-refractivity contribution in [1.82, 2.24) is 4.72 Å². The highest BCUT2D eigenvalue weighted by molar-refractivity contribution is 7.91. The summed E-state index contributed by atoms with van der Waals surface area (Å²) in [5.41, 5.74) is 0. The molecule has 2 aliphatic rings. The average Bonchev–Trinajstić information content (AvgIpc) is 2.83. The Kier molecular flexibility index (Phi) is 3.73. The van der Waals surface area contributed by atoms with Gasteiger partial charge in [-0.1, -0.05) is 23.8 Å². The fraction of sp³-hybridized carbons (Fsp3) is 0.538. The van der Waals surface area contributed by atoms with Crippen molar-refractivity contribution < 1.29 is 8.42 Å². The number of thiophene rings is 1. The minimum atomic E-state index is -3.48. The number of allylic oxidation sites excluding steroid dienone is 2. The van der Waals surface area contributed by atoms with Gasteiger partial charge in [-0.05, 0) is 49.0 Å². The van der Waals surface area contributed by atoms with E-state index in [-0.39, 0.29) is 10.3 Å². The predicted octanol–water partition coefficient (Wildman–Crippen LogP) is 3.42. The summed E-state index contributed by atoms with van der Waals surface area (Å²) in [5, 5.41) is 2.02. The van der Waals surface area contributed by atoms with E-state index in [4.69, 9.17) is 11.6 Å². The zero-order valence-electron chi connectivity index (χ0n) is 10.4. The molecule has 0 aromatic carbocycles. The maximum atomic E-state index is 12.4. The SMILES string of the molecule is O=S(=O)(NC1C2CC=CCC1CC2)c1sccc1Cl. The van der Waals surface area contributed by atoms with Crippen LogP contribution in [0.5, 0.6) is 0 Å². The van der Waals surface area contributed by atoms with Gasteiger partial charge in [0.15, 0.2) is 4.21 Å². The molecule has 1 fully saturated rings. The van der Waals surface area contributed by atoms with Crippen LogP contribution >= 0.6 is 22.9 Å². The van der Waals surface area contributed by atoms with Crippen molar-refractivity contribution >= 4 is 33.0 Å². The molecule has 3 nitrogen and oxygen atoms in total. The number of rotatable bonds is 3. The van der Waals surface area contributed by atoms with Gasteiger partial charge in [-0.25, -0.2) is 13.1 Å². The smallest absolute Gasteiger partial charge is 0.207 e. The largest absolute Gasteiger partial charge is 0.251 e. The first-order chi connectivity index (χ1) is 9.08.